The van der Waals surface area contributed by atoms with Gasteiger partial charge in [-0.15, -0.1) is 6.58 Å². The highest BCUT2D eigenvalue weighted by Crippen LogP contribution is 2.06. The van der Waals surface area contributed by atoms with Crippen molar-refractivity contribution in [1.29, 1.82) is 0 Å². The van der Waals surface area contributed by atoms with E-state index in [2.05, 4.69) is 11.9 Å². The molecule has 1 amide bonds. The lowest BCUT2D eigenvalue weighted by Gasteiger charge is -2.21. The maximum absolute atomic E-state index is 11.3. The van der Waals surface area contributed by atoms with Crippen molar-refractivity contribution < 1.29 is 14.0 Å². The van der Waals surface area contributed by atoms with Crippen molar-refractivity contribution in [3.63, 3.8) is 0 Å². The summed E-state index contributed by atoms with van der Waals surface area (Å²) in [4.78, 5) is 11.3. The van der Waals surface area contributed by atoms with E-state index in [9.17, 15) is 4.79 Å². The minimum absolute atomic E-state index is 0.178. The van der Waals surface area contributed by atoms with Crippen molar-refractivity contribution in [1.82, 2.24) is 5.32 Å². The molecule has 0 aliphatic carbocycles. The minimum atomic E-state index is -0.475. The van der Waals surface area contributed by atoms with Crippen LogP contribution in [0.25, 0.3) is 0 Å². The first-order valence-electron chi connectivity index (χ1n) is 4.50. The Morgan fingerprint density at radius 3 is 2.57 bits per heavy atom. The number of rotatable bonds is 4. The molecular formula is C9H19NO3Si. The molecule has 0 saturated heterocycles. The first kappa shape index (κ1) is 13.2. The van der Waals surface area contributed by atoms with Crippen LogP contribution >= 0.6 is 0 Å². The smallest absolute Gasteiger partial charge is 0.408 e. The fraction of sp³-hybridized carbons (Fsp3) is 0.667. The van der Waals surface area contributed by atoms with Gasteiger partial charge in [0.05, 0.1) is 12.6 Å². The molecule has 1 N–H and O–H groups in total. The Morgan fingerprint density at radius 1 is 1.64 bits per heavy atom. The molecule has 14 heavy (non-hydrogen) atoms. The summed E-state index contributed by atoms with van der Waals surface area (Å²) in [7, 11) is 0.645. The highest BCUT2D eigenvalue weighted by atomic mass is 28.2. The summed E-state index contributed by atoms with van der Waals surface area (Å²) in [6, 6.07) is -0.178. The number of alkyl carbamates (subject to hydrolysis) is 1. The van der Waals surface area contributed by atoms with Gasteiger partial charge in [0.2, 0.25) is 0 Å². The zero-order chi connectivity index (χ0) is 11.2. The molecular weight excluding hydrogens is 198 g/mol. The average Bonchev–Trinajstić information content (AvgIpc) is 2.00. The number of amides is 1. The number of hydrogen-bond acceptors (Lipinski definition) is 3. The fourth-order valence-electron chi connectivity index (χ4n) is 0.807. The van der Waals surface area contributed by atoms with Gasteiger partial charge < -0.3 is 14.5 Å². The number of ether oxygens (including phenoxy) is 1. The lowest BCUT2D eigenvalue weighted by atomic mass is 10.2. The van der Waals surface area contributed by atoms with Crippen molar-refractivity contribution >= 4 is 16.6 Å². The summed E-state index contributed by atoms with van der Waals surface area (Å²) in [5, 5.41) is 2.64. The van der Waals surface area contributed by atoms with Crippen LogP contribution in [-0.2, 0) is 9.16 Å². The predicted octanol–water partition coefficient (Wildman–Crippen LogP) is 0.363. The topological polar surface area (TPSA) is 47.6 Å². The third-order valence-corrected chi connectivity index (χ3v) is 1.67. The summed E-state index contributed by atoms with van der Waals surface area (Å²) < 4.78 is 10.1. The number of carbonyl (C=O) groups excluding carboxylic acids is 1. The van der Waals surface area contributed by atoms with Crippen LogP contribution in [0.1, 0.15) is 20.8 Å². The molecule has 0 rings (SSSR count). The normalized spacial score (nSPS) is 13.4. The Labute approximate surface area is 88.2 Å². The van der Waals surface area contributed by atoms with E-state index in [1.807, 2.05) is 20.8 Å². The van der Waals surface area contributed by atoms with Crippen molar-refractivity contribution in [3.8, 4) is 0 Å². The van der Waals surface area contributed by atoms with Crippen molar-refractivity contribution in [3.05, 3.63) is 12.7 Å². The number of carbonyl (C=O) groups is 1. The third kappa shape index (κ3) is 6.68. The van der Waals surface area contributed by atoms with Gasteiger partial charge in [0.1, 0.15) is 16.1 Å². The van der Waals surface area contributed by atoms with E-state index in [4.69, 9.17) is 9.16 Å². The molecule has 0 aliphatic heterocycles. The van der Waals surface area contributed by atoms with Crippen LogP contribution < -0.4 is 5.32 Å². The van der Waals surface area contributed by atoms with E-state index in [-0.39, 0.29) is 6.04 Å². The molecule has 0 aromatic carbocycles. The largest absolute Gasteiger partial charge is 0.444 e. The van der Waals surface area contributed by atoms with Crippen LogP contribution in [0.5, 0.6) is 0 Å². The second-order valence-corrected chi connectivity index (χ2v) is 4.52. The van der Waals surface area contributed by atoms with Gasteiger partial charge in [-0.2, -0.15) is 0 Å². The molecule has 0 fully saturated rings. The number of hydrogen-bond donors (Lipinski definition) is 1. The molecule has 0 unspecified atom stereocenters. The van der Waals surface area contributed by atoms with E-state index in [1.54, 1.807) is 6.08 Å². The van der Waals surface area contributed by atoms with Crippen LogP contribution in [0, 0.1) is 0 Å². The van der Waals surface area contributed by atoms with Gasteiger partial charge in [0.25, 0.3) is 0 Å². The lowest BCUT2D eigenvalue weighted by molar-refractivity contribution is 0.0503. The molecule has 0 saturated carbocycles. The van der Waals surface area contributed by atoms with Crippen LogP contribution in [0.4, 0.5) is 4.79 Å². The Hall–Kier alpha value is -0.813. The Morgan fingerprint density at radius 2 is 2.21 bits per heavy atom. The molecule has 1 atom stereocenters. The molecule has 0 spiro atoms. The standard InChI is InChI=1S/C9H19NO3Si/c1-5-7(6-12-14)10-8(11)13-9(2,3)4/h5,7H,1,6H2,2-4,14H3,(H,10,11)/t7-/m0/s1. The zero-order valence-electron chi connectivity index (χ0n) is 9.29. The second kappa shape index (κ2) is 5.82. The van der Waals surface area contributed by atoms with Gasteiger partial charge in [-0.3, -0.25) is 0 Å². The Balaban J connectivity index is 3.97. The minimum Gasteiger partial charge on any atom is -0.444 e. The van der Waals surface area contributed by atoms with Gasteiger partial charge in [-0.25, -0.2) is 4.79 Å². The monoisotopic (exact) mass is 217 g/mol. The van der Waals surface area contributed by atoms with Crippen LogP contribution in [0.3, 0.4) is 0 Å². The van der Waals surface area contributed by atoms with Crippen molar-refractivity contribution in [2.24, 2.45) is 0 Å². The third-order valence-electron chi connectivity index (χ3n) is 1.33. The van der Waals surface area contributed by atoms with Crippen LogP contribution in [-0.4, -0.2) is 34.8 Å². The molecule has 0 bridgehead atoms. The molecule has 82 valence electrons. The zero-order valence-corrected chi connectivity index (χ0v) is 11.3. The van der Waals surface area contributed by atoms with E-state index in [0.717, 1.165) is 0 Å². The molecule has 0 aromatic heterocycles. The highest BCUT2D eigenvalue weighted by molar-refractivity contribution is 5.98. The molecule has 0 heterocycles. The van der Waals surface area contributed by atoms with Crippen molar-refractivity contribution in [2.45, 2.75) is 32.4 Å². The summed E-state index contributed by atoms with van der Waals surface area (Å²) in [5.74, 6) is 0. The summed E-state index contributed by atoms with van der Waals surface area (Å²) in [6.45, 7) is 9.50. The summed E-state index contributed by atoms with van der Waals surface area (Å²) >= 11 is 0. The van der Waals surface area contributed by atoms with Gasteiger partial charge in [0.15, 0.2) is 0 Å². The average molecular weight is 217 g/mol. The Bertz CT molecular complexity index is 201. The van der Waals surface area contributed by atoms with E-state index >= 15 is 0 Å². The Kier molecular flexibility index (Phi) is 5.48. The maximum atomic E-state index is 11.3. The molecule has 4 nitrogen and oxygen atoms in total. The highest BCUT2D eigenvalue weighted by Gasteiger charge is 2.17. The molecule has 0 aromatic rings. The molecule has 0 radical (unpaired) electrons. The predicted molar refractivity (Wildman–Crippen MR) is 59.2 cm³/mol. The number of nitrogens with one attached hydrogen (secondary N) is 1. The first-order chi connectivity index (χ1) is 6.39. The SMILES string of the molecule is C=C[C@@H](CO[SiH3])NC(=O)OC(C)(C)C. The quantitative estimate of drug-likeness (QED) is 0.546. The summed E-state index contributed by atoms with van der Waals surface area (Å²) in [5.41, 5.74) is -0.475. The van der Waals surface area contributed by atoms with Gasteiger partial charge in [-0.1, -0.05) is 6.08 Å². The second-order valence-electron chi connectivity index (χ2n) is 3.94. The fourth-order valence-corrected chi connectivity index (χ4v) is 1.17. The van der Waals surface area contributed by atoms with E-state index in [1.165, 1.54) is 0 Å². The van der Waals surface area contributed by atoms with Gasteiger partial charge in [0, 0.05) is 0 Å². The van der Waals surface area contributed by atoms with E-state index in [0.29, 0.717) is 17.1 Å². The first-order valence-corrected chi connectivity index (χ1v) is 5.31. The van der Waals surface area contributed by atoms with E-state index < -0.39 is 11.7 Å². The molecule has 5 heteroatoms. The van der Waals surface area contributed by atoms with Gasteiger partial charge in [-0.05, 0) is 20.8 Å². The van der Waals surface area contributed by atoms with Crippen LogP contribution in [0.2, 0.25) is 0 Å². The summed E-state index contributed by atoms with van der Waals surface area (Å²) in [6.07, 6.45) is 1.18. The molecule has 0 aliphatic rings. The van der Waals surface area contributed by atoms with Gasteiger partial charge >= 0.3 is 6.09 Å². The maximum Gasteiger partial charge on any atom is 0.408 e. The van der Waals surface area contributed by atoms with Crippen molar-refractivity contribution in [2.75, 3.05) is 6.61 Å². The lowest BCUT2D eigenvalue weighted by Crippen LogP contribution is -2.40. The van der Waals surface area contributed by atoms with Crippen LogP contribution in [0.15, 0.2) is 12.7 Å².